The van der Waals surface area contributed by atoms with Gasteiger partial charge in [0.2, 0.25) is 5.91 Å². The van der Waals surface area contributed by atoms with Gasteiger partial charge in [-0.2, -0.15) is 0 Å². The molecule has 0 aromatic carbocycles. The lowest BCUT2D eigenvalue weighted by atomic mass is 10.3. The Hall–Kier alpha value is -1.52. The van der Waals surface area contributed by atoms with E-state index >= 15 is 0 Å². The first-order valence-corrected chi connectivity index (χ1v) is 3.84. The number of hydrogen-bond acceptors (Lipinski definition) is 3. The second-order valence-electron chi connectivity index (χ2n) is 2.68. The molecule has 0 bridgehead atoms. The Labute approximate surface area is 75.2 Å². The van der Waals surface area contributed by atoms with Gasteiger partial charge in [0.05, 0.1) is 18.4 Å². The number of nitrogens with one attached hydrogen (secondary N) is 1. The van der Waals surface area contributed by atoms with Gasteiger partial charge in [-0.25, -0.2) is 14.4 Å². The summed E-state index contributed by atoms with van der Waals surface area (Å²) in [5, 5.41) is 2.59. The van der Waals surface area contributed by atoms with Crippen LogP contribution in [0.4, 0.5) is 4.39 Å². The molecule has 0 unspecified atom stereocenters. The number of amides is 1. The van der Waals surface area contributed by atoms with Gasteiger partial charge in [-0.1, -0.05) is 0 Å². The standard InChI is InChI=1S/C8H10FN3O/c1-5(12-6(2)13)8-10-3-7(9)4-11-8/h3-5H,1-2H3,(H,12,13)/t5-/m0/s1. The van der Waals surface area contributed by atoms with Crippen molar-refractivity contribution in [1.29, 1.82) is 0 Å². The predicted octanol–water partition coefficient (Wildman–Crippen LogP) is 0.813. The van der Waals surface area contributed by atoms with E-state index in [-0.39, 0.29) is 11.9 Å². The monoisotopic (exact) mass is 183 g/mol. The lowest BCUT2D eigenvalue weighted by Crippen LogP contribution is -2.25. The summed E-state index contributed by atoms with van der Waals surface area (Å²) >= 11 is 0. The van der Waals surface area contributed by atoms with Gasteiger partial charge in [-0.3, -0.25) is 4.79 Å². The molecular weight excluding hydrogens is 173 g/mol. The quantitative estimate of drug-likeness (QED) is 0.738. The second-order valence-corrected chi connectivity index (χ2v) is 2.68. The lowest BCUT2D eigenvalue weighted by molar-refractivity contribution is -0.119. The molecule has 1 atom stereocenters. The van der Waals surface area contributed by atoms with Crippen LogP contribution >= 0.6 is 0 Å². The molecular formula is C8H10FN3O. The Balaban J connectivity index is 2.71. The highest BCUT2D eigenvalue weighted by molar-refractivity contribution is 5.73. The molecule has 1 N–H and O–H groups in total. The molecule has 4 nitrogen and oxygen atoms in total. The Morgan fingerprint density at radius 3 is 2.54 bits per heavy atom. The normalized spacial score (nSPS) is 12.2. The van der Waals surface area contributed by atoms with Crippen molar-refractivity contribution >= 4 is 5.91 Å². The van der Waals surface area contributed by atoms with Gasteiger partial charge in [0, 0.05) is 6.92 Å². The molecule has 0 aliphatic rings. The summed E-state index contributed by atoms with van der Waals surface area (Å²) in [5.74, 6) is -0.254. The number of carbonyl (C=O) groups excluding carboxylic acids is 1. The summed E-state index contributed by atoms with van der Waals surface area (Å²) in [4.78, 5) is 18.1. The van der Waals surface area contributed by atoms with Crippen molar-refractivity contribution in [3.63, 3.8) is 0 Å². The van der Waals surface area contributed by atoms with Crippen molar-refractivity contribution in [3.8, 4) is 0 Å². The van der Waals surface area contributed by atoms with Crippen LogP contribution in [0.15, 0.2) is 12.4 Å². The first-order valence-electron chi connectivity index (χ1n) is 3.84. The fourth-order valence-corrected chi connectivity index (χ4v) is 0.915. The zero-order valence-corrected chi connectivity index (χ0v) is 7.41. The van der Waals surface area contributed by atoms with E-state index in [0.29, 0.717) is 5.82 Å². The third-order valence-electron chi connectivity index (χ3n) is 1.45. The van der Waals surface area contributed by atoms with E-state index in [0.717, 1.165) is 12.4 Å². The average molecular weight is 183 g/mol. The van der Waals surface area contributed by atoms with Crippen LogP contribution < -0.4 is 5.32 Å². The first kappa shape index (κ1) is 9.57. The van der Waals surface area contributed by atoms with E-state index in [1.165, 1.54) is 6.92 Å². The molecule has 0 radical (unpaired) electrons. The molecule has 0 aliphatic carbocycles. The average Bonchev–Trinajstić information content (AvgIpc) is 2.04. The molecule has 1 rings (SSSR count). The SMILES string of the molecule is CC(=O)N[C@@H](C)c1ncc(F)cn1. The lowest BCUT2D eigenvalue weighted by Gasteiger charge is -2.09. The minimum absolute atomic E-state index is 0.166. The number of halogens is 1. The smallest absolute Gasteiger partial charge is 0.217 e. The maximum absolute atomic E-state index is 12.4. The Kier molecular flexibility index (Phi) is 2.89. The molecule has 70 valence electrons. The van der Waals surface area contributed by atoms with E-state index in [1.54, 1.807) is 6.92 Å². The van der Waals surface area contributed by atoms with Crippen LogP contribution in [0.5, 0.6) is 0 Å². The Morgan fingerprint density at radius 1 is 1.54 bits per heavy atom. The summed E-state index contributed by atoms with van der Waals surface area (Å²) in [6.45, 7) is 3.13. The van der Waals surface area contributed by atoms with Crippen LogP contribution in [0.3, 0.4) is 0 Å². The number of rotatable bonds is 2. The summed E-state index contributed by atoms with van der Waals surface area (Å²) in [5.41, 5.74) is 0. The van der Waals surface area contributed by atoms with E-state index in [1.807, 2.05) is 0 Å². The topological polar surface area (TPSA) is 54.9 Å². The molecule has 0 fully saturated rings. The van der Waals surface area contributed by atoms with Crippen molar-refractivity contribution in [2.24, 2.45) is 0 Å². The third-order valence-corrected chi connectivity index (χ3v) is 1.45. The van der Waals surface area contributed by atoms with E-state index < -0.39 is 5.82 Å². The molecule has 1 heterocycles. The molecule has 1 amide bonds. The highest BCUT2D eigenvalue weighted by Crippen LogP contribution is 2.04. The van der Waals surface area contributed by atoms with Crippen LogP contribution in [0.2, 0.25) is 0 Å². The van der Waals surface area contributed by atoms with Crippen molar-refractivity contribution in [1.82, 2.24) is 15.3 Å². The molecule has 0 saturated carbocycles. The summed E-state index contributed by atoms with van der Waals surface area (Å²) < 4.78 is 12.4. The maximum atomic E-state index is 12.4. The van der Waals surface area contributed by atoms with Crippen molar-refractivity contribution in [2.75, 3.05) is 0 Å². The fourth-order valence-electron chi connectivity index (χ4n) is 0.915. The molecule has 1 aromatic heterocycles. The minimum atomic E-state index is -0.487. The van der Waals surface area contributed by atoms with Gasteiger partial charge in [0.15, 0.2) is 5.82 Å². The van der Waals surface area contributed by atoms with Crippen LogP contribution in [-0.2, 0) is 4.79 Å². The van der Waals surface area contributed by atoms with Crippen molar-refractivity contribution in [3.05, 3.63) is 24.0 Å². The van der Waals surface area contributed by atoms with E-state index in [2.05, 4.69) is 15.3 Å². The minimum Gasteiger partial charge on any atom is -0.347 e. The predicted molar refractivity (Wildman–Crippen MR) is 44.2 cm³/mol. The van der Waals surface area contributed by atoms with Crippen LogP contribution in [0, 0.1) is 5.82 Å². The molecule has 0 saturated heterocycles. The number of aromatic nitrogens is 2. The van der Waals surface area contributed by atoms with Gasteiger partial charge in [-0.15, -0.1) is 0 Å². The van der Waals surface area contributed by atoms with Gasteiger partial charge in [-0.05, 0) is 6.92 Å². The highest BCUT2D eigenvalue weighted by Gasteiger charge is 2.08. The van der Waals surface area contributed by atoms with Crippen LogP contribution in [0.1, 0.15) is 25.7 Å². The largest absolute Gasteiger partial charge is 0.347 e. The van der Waals surface area contributed by atoms with E-state index in [9.17, 15) is 9.18 Å². The highest BCUT2D eigenvalue weighted by atomic mass is 19.1. The second kappa shape index (κ2) is 3.93. The number of nitrogens with zero attached hydrogens (tertiary/aromatic N) is 2. The van der Waals surface area contributed by atoms with Crippen LogP contribution in [0.25, 0.3) is 0 Å². The van der Waals surface area contributed by atoms with Crippen molar-refractivity contribution < 1.29 is 9.18 Å². The van der Waals surface area contributed by atoms with Gasteiger partial charge < -0.3 is 5.32 Å². The van der Waals surface area contributed by atoms with Gasteiger partial charge in [0.1, 0.15) is 5.82 Å². The van der Waals surface area contributed by atoms with Crippen LogP contribution in [-0.4, -0.2) is 15.9 Å². The number of carbonyl (C=O) groups is 1. The number of hydrogen-bond donors (Lipinski definition) is 1. The summed E-state index contributed by atoms with van der Waals surface area (Å²) in [7, 11) is 0. The summed E-state index contributed by atoms with van der Waals surface area (Å²) in [6, 6.07) is -0.293. The van der Waals surface area contributed by atoms with E-state index in [4.69, 9.17) is 0 Å². The molecule has 1 aromatic rings. The zero-order valence-electron chi connectivity index (χ0n) is 7.41. The first-order chi connectivity index (χ1) is 6.09. The zero-order chi connectivity index (χ0) is 9.84. The summed E-state index contributed by atoms with van der Waals surface area (Å²) in [6.07, 6.45) is 2.14. The Bertz CT molecular complexity index is 299. The Morgan fingerprint density at radius 2 is 2.08 bits per heavy atom. The third kappa shape index (κ3) is 2.77. The molecule has 0 spiro atoms. The molecule has 5 heteroatoms. The van der Waals surface area contributed by atoms with Crippen molar-refractivity contribution in [2.45, 2.75) is 19.9 Å². The maximum Gasteiger partial charge on any atom is 0.217 e. The van der Waals surface area contributed by atoms with Gasteiger partial charge in [0.25, 0.3) is 0 Å². The fraction of sp³-hybridized carbons (Fsp3) is 0.375. The molecule has 13 heavy (non-hydrogen) atoms. The van der Waals surface area contributed by atoms with Gasteiger partial charge >= 0.3 is 0 Å². The molecule has 0 aliphatic heterocycles.